The lowest BCUT2D eigenvalue weighted by molar-refractivity contribution is 0.0978. The smallest absolute Gasteiger partial charge is 0.163 e. The summed E-state index contributed by atoms with van der Waals surface area (Å²) in [5.74, 6) is 0.253. The topological polar surface area (TPSA) is 30.0 Å². The summed E-state index contributed by atoms with van der Waals surface area (Å²) in [5, 5.41) is 0. The van der Waals surface area contributed by atoms with E-state index in [-0.39, 0.29) is 5.78 Å². The van der Waals surface area contributed by atoms with Crippen LogP contribution in [0.4, 0.5) is 0 Å². The lowest BCUT2D eigenvalue weighted by atomic mass is 10.00. The van der Waals surface area contributed by atoms with Crippen molar-refractivity contribution in [3.63, 3.8) is 0 Å². The van der Waals surface area contributed by atoms with Crippen molar-refractivity contribution in [1.29, 1.82) is 0 Å². The zero-order chi connectivity index (χ0) is 12.5. The zero-order valence-electron chi connectivity index (χ0n) is 10.6. The maximum Gasteiger partial charge on any atom is 0.163 e. The molecule has 0 unspecified atom stereocenters. The molecule has 1 rings (SSSR count). The van der Waals surface area contributed by atoms with Crippen molar-refractivity contribution in [2.75, 3.05) is 0 Å². The van der Waals surface area contributed by atoms with Gasteiger partial charge in [0, 0.05) is 24.4 Å². The van der Waals surface area contributed by atoms with E-state index in [2.05, 4.69) is 18.5 Å². The molecule has 0 atom stereocenters. The fourth-order valence-electron chi connectivity index (χ4n) is 1.87. The van der Waals surface area contributed by atoms with Crippen LogP contribution in [0.2, 0.25) is 0 Å². The van der Waals surface area contributed by atoms with Crippen molar-refractivity contribution in [1.82, 2.24) is 4.98 Å². The molecule has 0 fully saturated rings. The van der Waals surface area contributed by atoms with Crippen LogP contribution in [-0.4, -0.2) is 10.8 Å². The van der Waals surface area contributed by atoms with Crippen LogP contribution in [0, 0.1) is 0 Å². The minimum atomic E-state index is 0.253. The molecule has 0 aliphatic rings. The number of nitrogens with zero attached hydrogens (tertiary/aromatic N) is 1. The number of unbranched alkanes of at least 4 members (excludes halogenated alkanes) is 3. The van der Waals surface area contributed by atoms with Gasteiger partial charge in [0.1, 0.15) is 0 Å². The molecule has 17 heavy (non-hydrogen) atoms. The Bertz CT molecular complexity index is 371. The van der Waals surface area contributed by atoms with Gasteiger partial charge in [0.2, 0.25) is 0 Å². The summed E-state index contributed by atoms with van der Waals surface area (Å²) in [6.07, 6.45) is 11.2. The second-order valence-electron chi connectivity index (χ2n) is 4.20. The predicted molar refractivity (Wildman–Crippen MR) is 71.2 cm³/mol. The Balaban J connectivity index is 2.44. The molecule has 0 amide bonds. The molecular formula is C15H21NO. The number of allylic oxidation sites excluding steroid dienone is 1. The normalized spacial score (nSPS) is 10.2. The first kappa shape index (κ1) is 13.6. The number of hydrogen-bond acceptors (Lipinski definition) is 2. The minimum Gasteiger partial charge on any atom is -0.294 e. The van der Waals surface area contributed by atoms with E-state index in [9.17, 15) is 4.79 Å². The molecule has 2 nitrogen and oxygen atoms in total. The number of carbonyl (C=O) groups is 1. The van der Waals surface area contributed by atoms with Crippen LogP contribution >= 0.6 is 0 Å². The molecule has 0 aromatic carbocycles. The first-order valence-corrected chi connectivity index (χ1v) is 6.36. The summed E-state index contributed by atoms with van der Waals surface area (Å²) in [4.78, 5) is 16.1. The van der Waals surface area contributed by atoms with Crippen molar-refractivity contribution in [3.05, 3.63) is 42.2 Å². The monoisotopic (exact) mass is 231 g/mol. The molecule has 2 heteroatoms. The van der Waals surface area contributed by atoms with E-state index in [4.69, 9.17) is 0 Å². The number of hydrogen-bond donors (Lipinski definition) is 0. The Morgan fingerprint density at radius 2 is 2.24 bits per heavy atom. The minimum absolute atomic E-state index is 0.253. The van der Waals surface area contributed by atoms with Crippen molar-refractivity contribution < 1.29 is 4.79 Å². The lowest BCUT2D eigenvalue weighted by Gasteiger charge is -2.05. The molecule has 0 radical (unpaired) electrons. The molecule has 92 valence electrons. The average Bonchev–Trinajstić information content (AvgIpc) is 2.38. The molecule has 1 heterocycles. The van der Waals surface area contributed by atoms with Crippen LogP contribution in [0.3, 0.4) is 0 Å². The summed E-state index contributed by atoms with van der Waals surface area (Å²) >= 11 is 0. The number of rotatable bonds is 8. The van der Waals surface area contributed by atoms with E-state index in [0.29, 0.717) is 6.42 Å². The highest BCUT2D eigenvalue weighted by Gasteiger charge is 2.09. The maximum atomic E-state index is 12.0. The fourth-order valence-corrected chi connectivity index (χ4v) is 1.87. The Kier molecular flexibility index (Phi) is 6.23. The highest BCUT2D eigenvalue weighted by atomic mass is 16.1. The maximum absolute atomic E-state index is 12.0. The van der Waals surface area contributed by atoms with Crippen LogP contribution in [0.15, 0.2) is 31.1 Å². The second kappa shape index (κ2) is 7.77. The van der Waals surface area contributed by atoms with E-state index < -0.39 is 0 Å². The van der Waals surface area contributed by atoms with Crippen LogP contribution in [0.5, 0.6) is 0 Å². The van der Waals surface area contributed by atoms with Gasteiger partial charge in [-0.2, -0.15) is 0 Å². The molecule has 0 saturated heterocycles. The number of carbonyl (C=O) groups excluding carboxylic acids is 1. The summed E-state index contributed by atoms with van der Waals surface area (Å²) in [7, 11) is 0. The highest BCUT2D eigenvalue weighted by molar-refractivity contribution is 5.97. The third-order valence-corrected chi connectivity index (χ3v) is 2.90. The molecule has 0 saturated carbocycles. The van der Waals surface area contributed by atoms with Crippen LogP contribution in [0.1, 0.15) is 54.9 Å². The number of Topliss-reactive ketones (excluding diaryl/α,β-unsaturated/α-hetero) is 1. The number of aryl methyl sites for hydroxylation is 1. The lowest BCUT2D eigenvalue weighted by Crippen LogP contribution is -2.03. The number of ketones is 1. The Morgan fingerprint density at radius 3 is 2.94 bits per heavy atom. The summed E-state index contributed by atoms with van der Waals surface area (Å²) in [5.41, 5.74) is 1.91. The molecule has 0 aliphatic carbocycles. The Labute approximate surface area is 104 Å². The second-order valence-corrected chi connectivity index (χ2v) is 4.20. The van der Waals surface area contributed by atoms with Crippen LogP contribution in [0.25, 0.3) is 0 Å². The first-order valence-electron chi connectivity index (χ1n) is 6.36. The van der Waals surface area contributed by atoms with E-state index in [1.54, 1.807) is 12.4 Å². The molecule has 0 N–H and O–H groups in total. The Hall–Kier alpha value is -1.44. The van der Waals surface area contributed by atoms with Gasteiger partial charge in [0.25, 0.3) is 0 Å². The molecule has 0 aliphatic heterocycles. The van der Waals surface area contributed by atoms with Crippen molar-refractivity contribution in [2.24, 2.45) is 0 Å². The van der Waals surface area contributed by atoms with Gasteiger partial charge in [-0.1, -0.05) is 19.4 Å². The number of aromatic nitrogens is 1. The summed E-state index contributed by atoms with van der Waals surface area (Å²) in [6.45, 7) is 5.74. The van der Waals surface area contributed by atoms with E-state index in [1.807, 2.05) is 12.1 Å². The quantitative estimate of drug-likeness (QED) is 0.385. The summed E-state index contributed by atoms with van der Waals surface area (Å²) < 4.78 is 0. The summed E-state index contributed by atoms with van der Waals surface area (Å²) in [6, 6.07) is 1.84. The highest BCUT2D eigenvalue weighted by Crippen LogP contribution is 2.13. The number of pyridine rings is 1. The predicted octanol–water partition coefficient (Wildman–Crippen LogP) is 3.96. The van der Waals surface area contributed by atoms with Gasteiger partial charge in [-0.05, 0) is 37.3 Å². The zero-order valence-corrected chi connectivity index (χ0v) is 10.6. The molecule has 0 bridgehead atoms. The molecular weight excluding hydrogens is 210 g/mol. The van der Waals surface area contributed by atoms with Gasteiger partial charge < -0.3 is 0 Å². The van der Waals surface area contributed by atoms with Crippen molar-refractivity contribution >= 4 is 5.78 Å². The van der Waals surface area contributed by atoms with Crippen molar-refractivity contribution in [2.45, 2.75) is 45.4 Å². The van der Waals surface area contributed by atoms with Gasteiger partial charge >= 0.3 is 0 Å². The Morgan fingerprint density at radius 1 is 1.41 bits per heavy atom. The molecule has 1 aromatic heterocycles. The average molecular weight is 231 g/mol. The SMILES string of the molecule is C=CCCCCCC(=O)c1ccncc1CC. The molecule has 0 spiro atoms. The van der Waals surface area contributed by atoms with Gasteiger partial charge in [0.05, 0.1) is 0 Å². The van der Waals surface area contributed by atoms with Gasteiger partial charge in [-0.3, -0.25) is 9.78 Å². The molecule has 1 aromatic rings. The van der Waals surface area contributed by atoms with E-state index in [1.165, 1.54) is 0 Å². The first-order chi connectivity index (χ1) is 8.29. The third kappa shape index (κ3) is 4.51. The standard InChI is InChI=1S/C15H21NO/c1-3-5-6-7-8-9-15(17)14-10-11-16-12-13(14)4-2/h3,10-12H,1,4-9H2,2H3. The van der Waals surface area contributed by atoms with E-state index >= 15 is 0 Å². The fraction of sp³-hybridized carbons (Fsp3) is 0.467. The van der Waals surface area contributed by atoms with Gasteiger partial charge in [0.15, 0.2) is 5.78 Å². The van der Waals surface area contributed by atoms with Crippen molar-refractivity contribution in [3.8, 4) is 0 Å². The van der Waals surface area contributed by atoms with Crippen LogP contribution < -0.4 is 0 Å². The largest absolute Gasteiger partial charge is 0.294 e. The van der Waals surface area contributed by atoms with Gasteiger partial charge in [-0.25, -0.2) is 0 Å². The van der Waals surface area contributed by atoms with E-state index in [0.717, 1.165) is 43.2 Å². The van der Waals surface area contributed by atoms with Gasteiger partial charge in [-0.15, -0.1) is 6.58 Å². The third-order valence-electron chi connectivity index (χ3n) is 2.90. The van der Waals surface area contributed by atoms with Crippen LogP contribution in [-0.2, 0) is 6.42 Å².